The third-order valence-electron chi connectivity index (χ3n) is 2.61. The quantitative estimate of drug-likeness (QED) is 0.789. The number of aromatic nitrogens is 1. The van der Waals surface area contributed by atoms with Crippen LogP contribution in [0.2, 0.25) is 4.47 Å². The van der Waals surface area contributed by atoms with E-state index in [1.165, 1.54) is 4.31 Å². The predicted octanol–water partition coefficient (Wildman–Crippen LogP) is 0.524. The van der Waals surface area contributed by atoms with E-state index in [9.17, 15) is 16.8 Å². The monoisotopic (exact) mass is 330 g/mol. The van der Waals surface area contributed by atoms with Crippen molar-refractivity contribution in [3.05, 3.63) is 10.2 Å². The van der Waals surface area contributed by atoms with E-state index in [4.69, 9.17) is 11.6 Å². The predicted molar refractivity (Wildman–Crippen MR) is 69.3 cm³/mol. The number of sulfonamides is 1. The van der Waals surface area contributed by atoms with Gasteiger partial charge < -0.3 is 0 Å². The largest absolute Gasteiger partial charge is 0.254 e. The first-order chi connectivity index (χ1) is 8.22. The lowest BCUT2D eigenvalue weighted by Gasteiger charge is -2.25. The first-order valence-electron chi connectivity index (χ1n) is 5.06. The molecule has 10 heteroatoms. The summed E-state index contributed by atoms with van der Waals surface area (Å²) in [6, 6.07) is 0. The van der Waals surface area contributed by atoms with Gasteiger partial charge in [0, 0.05) is 13.1 Å². The maximum absolute atomic E-state index is 12.3. The van der Waals surface area contributed by atoms with E-state index in [-0.39, 0.29) is 33.3 Å². The van der Waals surface area contributed by atoms with E-state index in [0.717, 1.165) is 11.3 Å². The number of hydrogen-bond donors (Lipinski definition) is 0. The fourth-order valence-electron chi connectivity index (χ4n) is 1.64. The number of aryl methyl sites for hydroxylation is 1. The van der Waals surface area contributed by atoms with E-state index < -0.39 is 19.9 Å². The van der Waals surface area contributed by atoms with Gasteiger partial charge >= 0.3 is 0 Å². The van der Waals surface area contributed by atoms with Crippen LogP contribution in [0.4, 0.5) is 0 Å². The van der Waals surface area contributed by atoms with Crippen molar-refractivity contribution in [3.8, 4) is 0 Å². The molecule has 0 unspecified atom stereocenters. The molecule has 2 rings (SSSR count). The summed E-state index contributed by atoms with van der Waals surface area (Å²) in [7, 11) is -6.79. The molecule has 0 atom stereocenters. The third-order valence-corrected chi connectivity index (χ3v) is 7.96. The summed E-state index contributed by atoms with van der Waals surface area (Å²) in [6.45, 7) is 1.54. The number of sulfone groups is 1. The Morgan fingerprint density at radius 2 is 1.89 bits per heavy atom. The second kappa shape index (κ2) is 4.71. The number of nitrogens with zero attached hydrogens (tertiary/aromatic N) is 2. The van der Waals surface area contributed by atoms with E-state index in [2.05, 4.69) is 4.98 Å². The van der Waals surface area contributed by atoms with Crippen molar-refractivity contribution in [1.29, 1.82) is 0 Å². The van der Waals surface area contributed by atoms with Gasteiger partial charge in [0.1, 0.15) is 0 Å². The number of hydrogen-bond acceptors (Lipinski definition) is 6. The number of halogens is 1. The average Bonchev–Trinajstić information content (AvgIpc) is 2.58. The van der Waals surface area contributed by atoms with Crippen LogP contribution in [-0.4, -0.2) is 50.7 Å². The van der Waals surface area contributed by atoms with Gasteiger partial charge in [-0.3, -0.25) is 0 Å². The van der Waals surface area contributed by atoms with E-state index in [1.807, 2.05) is 0 Å². The van der Waals surface area contributed by atoms with Crippen molar-refractivity contribution in [2.75, 3.05) is 24.6 Å². The molecule has 0 saturated carbocycles. The lowest BCUT2D eigenvalue weighted by Crippen LogP contribution is -2.43. The first-order valence-corrected chi connectivity index (χ1v) is 9.51. The molecule has 1 aliphatic heterocycles. The van der Waals surface area contributed by atoms with Gasteiger partial charge in [0.2, 0.25) is 0 Å². The smallest absolute Gasteiger partial charge is 0.229 e. The van der Waals surface area contributed by atoms with Crippen molar-refractivity contribution >= 4 is 42.8 Å². The van der Waals surface area contributed by atoms with Crippen molar-refractivity contribution < 1.29 is 16.8 Å². The Kier molecular flexibility index (Phi) is 3.72. The second-order valence-corrected chi connectivity index (χ2v) is 9.91. The molecule has 0 radical (unpaired) electrons. The Bertz CT molecular complexity index is 651. The van der Waals surface area contributed by atoms with Crippen LogP contribution in [0.5, 0.6) is 0 Å². The molecule has 2 heterocycles. The highest BCUT2D eigenvalue weighted by atomic mass is 35.5. The Balaban J connectivity index is 2.31. The van der Waals surface area contributed by atoms with Crippen molar-refractivity contribution in [1.82, 2.24) is 9.29 Å². The summed E-state index contributed by atoms with van der Waals surface area (Å²) >= 11 is 6.57. The van der Waals surface area contributed by atoms with Gasteiger partial charge in [0.25, 0.3) is 10.0 Å². The lowest BCUT2D eigenvalue weighted by atomic mass is 10.6. The Morgan fingerprint density at radius 1 is 1.33 bits per heavy atom. The zero-order valence-electron chi connectivity index (χ0n) is 9.46. The van der Waals surface area contributed by atoms with Gasteiger partial charge in [-0.1, -0.05) is 22.9 Å². The molecule has 6 nitrogen and oxygen atoms in total. The molecule has 18 heavy (non-hydrogen) atoms. The molecule has 1 aromatic heterocycles. The molecular formula is C8H11ClN2O4S3. The summed E-state index contributed by atoms with van der Waals surface area (Å²) in [5.41, 5.74) is 0.346. The van der Waals surface area contributed by atoms with Crippen LogP contribution < -0.4 is 0 Å². The van der Waals surface area contributed by atoms with Gasteiger partial charge in [0.15, 0.2) is 18.5 Å². The summed E-state index contributed by atoms with van der Waals surface area (Å²) < 4.78 is 48.5. The van der Waals surface area contributed by atoms with Crippen molar-refractivity contribution in [2.24, 2.45) is 0 Å². The topological polar surface area (TPSA) is 84.4 Å². The fraction of sp³-hybridized carbons (Fsp3) is 0.625. The van der Waals surface area contributed by atoms with Crippen LogP contribution in [-0.2, 0) is 19.9 Å². The van der Waals surface area contributed by atoms with Gasteiger partial charge in [-0.05, 0) is 6.92 Å². The van der Waals surface area contributed by atoms with Crippen LogP contribution in [0.1, 0.15) is 5.69 Å². The molecular weight excluding hydrogens is 320 g/mol. The molecule has 0 spiro atoms. The lowest BCUT2D eigenvalue weighted by molar-refractivity contribution is 0.431. The SMILES string of the molecule is Cc1nc(Cl)sc1S(=O)(=O)N1CCS(=O)(=O)CC1. The number of rotatable bonds is 2. The molecule has 0 amide bonds. The first kappa shape index (κ1) is 14.2. The maximum Gasteiger partial charge on any atom is 0.254 e. The zero-order valence-corrected chi connectivity index (χ0v) is 12.7. The molecule has 0 N–H and O–H groups in total. The molecule has 0 bridgehead atoms. The summed E-state index contributed by atoms with van der Waals surface area (Å²) in [5, 5.41) is 0. The van der Waals surface area contributed by atoms with Gasteiger partial charge in [0.05, 0.1) is 17.2 Å². The Morgan fingerprint density at radius 3 is 2.33 bits per heavy atom. The third kappa shape index (κ3) is 2.69. The molecule has 0 aromatic carbocycles. The maximum atomic E-state index is 12.3. The molecule has 102 valence electrons. The summed E-state index contributed by atoms with van der Waals surface area (Å²) in [6.07, 6.45) is 0. The van der Waals surface area contributed by atoms with Gasteiger partial charge in [-0.2, -0.15) is 4.31 Å². The minimum Gasteiger partial charge on any atom is -0.229 e. The van der Waals surface area contributed by atoms with E-state index in [0.29, 0.717) is 5.69 Å². The van der Waals surface area contributed by atoms with Gasteiger partial charge in [-0.25, -0.2) is 21.8 Å². The standard InChI is InChI=1S/C8H11ClN2O4S3/c1-6-7(16-8(9)10-6)18(14,15)11-2-4-17(12,13)5-3-11/h2-5H2,1H3. The van der Waals surface area contributed by atoms with Crippen LogP contribution in [0.3, 0.4) is 0 Å². The summed E-state index contributed by atoms with van der Waals surface area (Å²) in [5.74, 6) is -0.282. The molecule has 1 aromatic rings. The Hall–Kier alpha value is -0.220. The normalized spacial score (nSPS) is 21.0. The van der Waals surface area contributed by atoms with E-state index in [1.54, 1.807) is 6.92 Å². The molecule has 1 fully saturated rings. The minimum atomic E-state index is -3.68. The van der Waals surface area contributed by atoms with Crippen LogP contribution >= 0.6 is 22.9 Å². The molecule has 0 aliphatic carbocycles. The van der Waals surface area contributed by atoms with Crippen LogP contribution in [0, 0.1) is 6.92 Å². The highest BCUT2D eigenvalue weighted by Gasteiger charge is 2.33. The van der Waals surface area contributed by atoms with Crippen LogP contribution in [0.25, 0.3) is 0 Å². The second-order valence-electron chi connectivity index (χ2n) is 3.90. The fourth-order valence-corrected chi connectivity index (χ4v) is 6.39. The highest BCUT2D eigenvalue weighted by Crippen LogP contribution is 2.29. The van der Waals surface area contributed by atoms with E-state index >= 15 is 0 Å². The highest BCUT2D eigenvalue weighted by molar-refractivity contribution is 7.92. The zero-order chi connectivity index (χ0) is 13.6. The average molecular weight is 331 g/mol. The number of thiazole rings is 1. The van der Waals surface area contributed by atoms with Crippen molar-refractivity contribution in [3.63, 3.8) is 0 Å². The van der Waals surface area contributed by atoms with Crippen LogP contribution in [0.15, 0.2) is 4.21 Å². The minimum absolute atomic E-state index is 0.0143. The Labute approximate surface area is 115 Å². The molecule has 1 aliphatic rings. The van der Waals surface area contributed by atoms with Gasteiger partial charge in [-0.15, -0.1) is 0 Å². The molecule has 1 saturated heterocycles. The summed E-state index contributed by atoms with van der Waals surface area (Å²) in [4.78, 5) is 3.86. The van der Waals surface area contributed by atoms with Crippen molar-refractivity contribution in [2.45, 2.75) is 11.1 Å².